The molecule has 1 rings (SSSR count). The Labute approximate surface area is 120 Å². The van der Waals surface area contributed by atoms with E-state index in [2.05, 4.69) is 4.74 Å². The van der Waals surface area contributed by atoms with E-state index in [1.807, 2.05) is 0 Å². The summed E-state index contributed by atoms with van der Waals surface area (Å²) in [6, 6.07) is 0. The van der Waals surface area contributed by atoms with Crippen LogP contribution < -0.4 is 0 Å². The van der Waals surface area contributed by atoms with Crippen LogP contribution in [0.15, 0.2) is 0 Å². The molecule has 0 radical (unpaired) electrons. The zero-order valence-electron chi connectivity index (χ0n) is 10.7. The molecule has 0 aromatic heterocycles. The molecular formula is C10H8F12O. The summed E-state index contributed by atoms with van der Waals surface area (Å²) >= 11 is 0. The van der Waals surface area contributed by atoms with Gasteiger partial charge in [-0.25, -0.2) is 8.78 Å². The molecule has 13 heteroatoms. The van der Waals surface area contributed by atoms with E-state index in [4.69, 9.17) is 0 Å². The third kappa shape index (κ3) is 3.07. The summed E-state index contributed by atoms with van der Waals surface area (Å²) in [5.74, 6) is -34.7. The van der Waals surface area contributed by atoms with E-state index in [-0.39, 0.29) is 6.61 Å². The van der Waals surface area contributed by atoms with E-state index in [0.717, 1.165) is 0 Å². The summed E-state index contributed by atoms with van der Waals surface area (Å²) in [4.78, 5) is 0. The SMILES string of the molecule is FC(F)C(F)(F)C(F)(F)C(F)(F)C(F)(F)C(F)(F)CCC1CO1. The lowest BCUT2D eigenvalue weighted by Crippen LogP contribution is -2.68. The Morgan fingerprint density at radius 1 is 0.783 bits per heavy atom. The van der Waals surface area contributed by atoms with Crippen LogP contribution in [-0.4, -0.2) is 48.7 Å². The molecule has 1 nitrogen and oxygen atoms in total. The van der Waals surface area contributed by atoms with Gasteiger partial charge >= 0.3 is 36.0 Å². The topological polar surface area (TPSA) is 12.5 Å². The van der Waals surface area contributed by atoms with E-state index >= 15 is 0 Å². The number of alkyl halides is 12. The molecule has 0 aromatic carbocycles. The van der Waals surface area contributed by atoms with Crippen molar-refractivity contribution in [1.29, 1.82) is 0 Å². The number of rotatable bonds is 8. The summed E-state index contributed by atoms with van der Waals surface area (Å²) in [6.45, 7) is -0.155. The summed E-state index contributed by atoms with van der Waals surface area (Å²) in [5, 5.41) is 0. The normalized spacial score (nSPS) is 21.0. The smallest absolute Gasteiger partial charge is 0.373 e. The van der Waals surface area contributed by atoms with Crippen molar-refractivity contribution in [2.75, 3.05) is 6.61 Å². The molecule has 1 aliphatic rings. The summed E-state index contributed by atoms with van der Waals surface area (Å²) < 4.78 is 157. The second-order valence-corrected chi connectivity index (χ2v) is 4.85. The van der Waals surface area contributed by atoms with Crippen LogP contribution in [0, 0.1) is 0 Å². The van der Waals surface area contributed by atoms with Gasteiger partial charge in [-0.3, -0.25) is 0 Å². The summed E-state index contributed by atoms with van der Waals surface area (Å²) in [7, 11) is 0. The van der Waals surface area contributed by atoms with Crippen LogP contribution in [0.1, 0.15) is 12.8 Å². The second kappa shape index (κ2) is 5.59. The monoisotopic (exact) mass is 372 g/mol. The minimum absolute atomic E-state index is 0.155. The summed E-state index contributed by atoms with van der Waals surface area (Å²) in [5.41, 5.74) is 0. The van der Waals surface area contributed by atoms with Gasteiger partial charge in [0, 0.05) is 6.42 Å². The zero-order chi connectivity index (χ0) is 18.5. The Morgan fingerprint density at radius 2 is 1.22 bits per heavy atom. The number of halogens is 12. The van der Waals surface area contributed by atoms with Crippen molar-refractivity contribution in [3.63, 3.8) is 0 Å². The van der Waals surface area contributed by atoms with Gasteiger partial charge in [-0.2, -0.15) is 43.9 Å². The van der Waals surface area contributed by atoms with Gasteiger partial charge in [0.2, 0.25) is 0 Å². The van der Waals surface area contributed by atoms with E-state index in [9.17, 15) is 52.7 Å². The van der Waals surface area contributed by atoms with Gasteiger partial charge in [-0.05, 0) is 6.42 Å². The number of hydrogen-bond acceptors (Lipinski definition) is 1. The summed E-state index contributed by atoms with van der Waals surface area (Å²) in [6.07, 6.45) is -9.48. The molecule has 0 amide bonds. The van der Waals surface area contributed by atoms with Crippen molar-refractivity contribution in [1.82, 2.24) is 0 Å². The molecule has 1 heterocycles. The highest BCUT2D eigenvalue weighted by atomic mass is 19.4. The van der Waals surface area contributed by atoms with Crippen LogP contribution in [0.4, 0.5) is 52.7 Å². The Hall–Kier alpha value is -0.880. The van der Waals surface area contributed by atoms with Crippen LogP contribution in [0.2, 0.25) is 0 Å². The van der Waals surface area contributed by atoms with Crippen LogP contribution in [0.25, 0.3) is 0 Å². The maximum atomic E-state index is 13.2. The van der Waals surface area contributed by atoms with E-state index < -0.39 is 55.0 Å². The Morgan fingerprint density at radius 3 is 1.57 bits per heavy atom. The average molecular weight is 372 g/mol. The number of hydrogen-bond donors (Lipinski definition) is 0. The van der Waals surface area contributed by atoms with Gasteiger partial charge < -0.3 is 4.74 Å². The van der Waals surface area contributed by atoms with E-state index in [0.29, 0.717) is 0 Å². The average Bonchev–Trinajstić information content (AvgIpc) is 3.19. The maximum absolute atomic E-state index is 13.2. The lowest BCUT2D eigenvalue weighted by molar-refractivity contribution is -0.413. The van der Waals surface area contributed by atoms with Crippen molar-refractivity contribution < 1.29 is 57.4 Å². The van der Waals surface area contributed by atoms with Crippen molar-refractivity contribution in [2.45, 2.75) is 55.0 Å². The molecule has 0 aromatic rings. The molecule has 1 fully saturated rings. The fourth-order valence-electron chi connectivity index (χ4n) is 1.51. The fourth-order valence-corrected chi connectivity index (χ4v) is 1.51. The lowest BCUT2D eigenvalue weighted by atomic mass is 9.92. The first kappa shape index (κ1) is 20.2. The minimum Gasteiger partial charge on any atom is -0.373 e. The lowest BCUT2D eigenvalue weighted by Gasteiger charge is -2.39. The number of ether oxygens (including phenoxy) is 1. The Kier molecular flexibility index (Phi) is 4.90. The van der Waals surface area contributed by atoms with Gasteiger partial charge in [0.1, 0.15) is 0 Å². The van der Waals surface area contributed by atoms with Crippen LogP contribution >= 0.6 is 0 Å². The first-order valence-electron chi connectivity index (χ1n) is 5.81. The highest BCUT2D eigenvalue weighted by Gasteiger charge is 2.87. The predicted molar refractivity (Wildman–Crippen MR) is 49.7 cm³/mol. The largest absolute Gasteiger partial charge is 0.384 e. The first-order valence-corrected chi connectivity index (χ1v) is 5.81. The zero-order valence-corrected chi connectivity index (χ0v) is 10.7. The molecule has 1 aliphatic heterocycles. The highest BCUT2D eigenvalue weighted by Crippen LogP contribution is 2.58. The van der Waals surface area contributed by atoms with Crippen molar-refractivity contribution in [3.05, 3.63) is 0 Å². The van der Waals surface area contributed by atoms with Crippen LogP contribution in [-0.2, 0) is 4.74 Å². The molecule has 0 saturated carbocycles. The molecular weight excluding hydrogens is 364 g/mol. The van der Waals surface area contributed by atoms with Crippen molar-refractivity contribution >= 4 is 0 Å². The molecule has 0 N–H and O–H groups in total. The van der Waals surface area contributed by atoms with Crippen LogP contribution in [0.3, 0.4) is 0 Å². The molecule has 0 bridgehead atoms. The molecule has 0 aliphatic carbocycles. The van der Waals surface area contributed by atoms with Gasteiger partial charge in [0.15, 0.2) is 0 Å². The van der Waals surface area contributed by atoms with Gasteiger partial charge in [-0.1, -0.05) is 0 Å². The van der Waals surface area contributed by atoms with E-state index in [1.54, 1.807) is 0 Å². The molecule has 23 heavy (non-hydrogen) atoms. The van der Waals surface area contributed by atoms with Crippen molar-refractivity contribution in [3.8, 4) is 0 Å². The van der Waals surface area contributed by atoms with Crippen molar-refractivity contribution in [2.24, 2.45) is 0 Å². The molecule has 0 spiro atoms. The van der Waals surface area contributed by atoms with Gasteiger partial charge in [-0.15, -0.1) is 0 Å². The predicted octanol–water partition coefficient (Wildman–Crippen LogP) is 4.61. The second-order valence-electron chi connectivity index (χ2n) is 4.85. The third-order valence-electron chi connectivity index (χ3n) is 3.12. The Bertz CT molecular complexity index is 428. The third-order valence-corrected chi connectivity index (χ3v) is 3.12. The molecule has 1 saturated heterocycles. The van der Waals surface area contributed by atoms with Gasteiger partial charge in [0.05, 0.1) is 12.7 Å². The maximum Gasteiger partial charge on any atom is 0.384 e. The minimum atomic E-state index is -7.44. The first-order chi connectivity index (χ1) is 10.0. The number of epoxide rings is 1. The quantitative estimate of drug-likeness (QED) is 0.448. The molecule has 1 unspecified atom stereocenters. The fraction of sp³-hybridized carbons (Fsp3) is 1.00. The van der Waals surface area contributed by atoms with E-state index in [1.165, 1.54) is 0 Å². The van der Waals surface area contributed by atoms with Crippen LogP contribution in [0.5, 0.6) is 0 Å². The molecule has 138 valence electrons. The standard InChI is InChI=1S/C10H8F12O/c11-5(12)7(15,16)9(19,20)10(21,22)8(17,18)6(13,14)2-1-4-3-23-4/h4-5H,1-3H2. The highest BCUT2D eigenvalue weighted by molar-refractivity contribution is 5.09. The van der Waals surface area contributed by atoms with Gasteiger partial charge in [0.25, 0.3) is 0 Å². The molecule has 1 atom stereocenters. The Balaban J connectivity index is 3.15.